The molecule has 1 N–H and O–H groups in total. The molecule has 1 fully saturated rings. The summed E-state index contributed by atoms with van der Waals surface area (Å²) in [4.78, 5) is 24.3. The predicted molar refractivity (Wildman–Crippen MR) is 113 cm³/mol. The average molecular weight is 387 g/mol. The van der Waals surface area contributed by atoms with Crippen LogP contribution >= 0.6 is 0 Å². The molecule has 1 unspecified atom stereocenters. The van der Waals surface area contributed by atoms with E-state index >= 15 is 0 Å². The van der Waals surface area contributed by atoms with E-state index in [2.05, 4.69) is 4.98 Å². The van der Waals surface area contributed by atoms with Gasteiger partial charge in [0.15, 0.2) is 5.60 Å². The number of ether oxygens (including phenoxy) is 1. The van der Waals surface area contributed by atoms with Gasteiger partial charge in [0, 0.05) is 35.7 Å². The summed E-state index contributed by atoms with van der Waals surface area (Å²) in [5.74, 6) is 0.694. The minimum Gasteiger partial charge on any atom is -0.481 e. The number of benzene rings is 2. The lowest BCUT2D eigenvalue weighted by molar-refractivity contribution is 0.0602. The highest BCUT2D eigenvalue weighted by Gasteiger charge is 2.52. The zero-order chi connectivity index (χ0) is 20.3. The predicted octanol–water partition coefficient (Wildman–Crippen LogP) is 3.73. The van der Waals surface area contributed by atoms with Crippen LogP contribution in [0.2, 0.25) is 0 Å². The molecular formula is C23H21N3O3. The Hall–Kier alpha value is -3.25. The number of hydrogen-bond acceptors (Lipinski definition) is 6. The van der Waals surface area contributed by atoms with Gasteiger partial charge < -0.3 is 14.7 Å². The Kier molecular flexibility index (Phi) is 3.76. The van der Waals surface area contributed by atoms with E-state index in [1.807, 2.05) is 61.2 Å². The molecule has 1 saturated heterocycles. The number of aliphatic imine (C=N–C) groups is 1. The van der Waals surface area contributed by atoms with Crippen molar-refractivity contribution in [3.05, 3.63) is 59.2 Å². The molecule has 6 nitrogen and oxygen atoms in total. The van der Waals surface area contributed by atoms with Gasteiger partial charge in [-0.25, -0.2) is 9.98 Å². The molecule has 3 aromatic rings. The molecule has 1 atom stereocenters. The minimum absolute atomic E-state index is 0.268. The van der Waals surface area contributed by atoms with Gasteiger partial charge in [-0.1, -0.05) is 0 Å². The number of ketones is 1. The quantitative estimate of drug-likeness (QED) is 0.725. The Morgan fingerprint density at radius 3 is 2.69 bits per heavy atom. The molecule has 0 aliphatic carbocycles. The Morgan fingerprint density at radius 1 is 1.10 bits per heavy atom. The molecule has 2 aromatic carbocycles. The standard InChI is InChI=1S/C23H21N3O3/c1-13-10-17-19(11-14(13)2)25-22-23(28,21(17)27)8-9-26(22)16-5-6-18-15(12-16)4-7-20(24-18)29-3/h4-7,10-12,28H,8-9H2,1-3H3. The molecule has 0 bridgehead atoms. The number of methoxy groups -OCH3 is 1. The van der Waals surface area contributed by atoms with Crippen LogP contribution in [0.25, 0.3) is 10.9 Å². The van der Waals surface area contributed by atoms with E-state index in [1.165, 1.54) is 0 Å². The molecule has 146 valence electrons. The third-order valence-corrected chi connectivity index (χ3v) is 5.95. The van der Waals surface area contributed by atoms with Crippen molar-refractivity contribution in [2.75, 3.05) is 18.6 Å². The van der Waals surface area contributed by atoms with Crippen LogP contribution in [0.4, 0.5) is 11.4 Å². The second kappa shape index (κ2) is 6.12. The number of carbonyl (C=O) groups is 1. The molecule has 2 aliphatic rings. The van der Waals surface area contributed by atoms with Gasteiger partial charge in [-0.2, -0.15) is 0 Å². The van der Waals surface area contributed by atoms with E-state index in [9.17, 15) is 9.90 Å². The highest BCUT2D eigenvalue weighted by molar-refractivity contribution is 6.28. The van der Waals surface area contributed by atoms with Crippen LogP contribution in [0.1, 0.15) is 27.9 Å². The van der Waals surface area contributed by atoms with Crippen LogP contribution in [-0.2, 0) is 0 Å². The van der Waals surface area contributed by atoms with Crippen molar-refractivity contribution in [1.82, 2.24) is 4.98 Å². The van der Waals surface area contributed by atoms with Crippen LogP contribution in [0, 0.1) is 13.8 Å². The molecule has 0 amide bonds. The van der Waals surface area contributed by atoms with Gasteiger partial charge in [0.25, 0.3) is 0 Å². The van der Waals surface area contributed by atoms with Crippen LogP contribution in [0.5, 0.6) is 5.88 Å². The summed E-state index contributed by atoms with van der Waals surface area (Å²) in [7, 11) is 1.59. The number of aryl methyl sites for hydroxylation is 2. The van der Waals surface area contributed by atoms with E-state index in [-0.39, 0.29) is 5.78 Å². The molecule has 6 heteroatoms. The number of pyridine rings is 1. The van der Waals surface area contributed by atoms with Crippen molar-refractivity contribution >= 4 is 33.9 Å². The molecule has 3 heterocycles. The molecule has 29 heavy (non-hydrogen) atoms. The molecule has 0 spiro atoms. The maximum atomic E-state index is 13.2. The van der Waals surface area contributed by atoms with Crippen molar-refractivity contribution < 1.29 is 14.6 Å². The monoisotopic (exact) mass is 387 g/mol. The van der Waals surface area contributed by atoms with Gasteiger partial charge in [-0.05, 0) is 61.4 Å². The number of carbonyl (C=O) groups excluding carboxylic acids is 1. The first-order valence-corrected chi connectivity index (χ1v) is 9.60. The number of anilines is 1. The summed E-state index contributed by atoms with van der Waals surface area (Å²) in [6.45, 7) is 4.48. The van der Waals surface area contributed by atoms with Gasteiger partial charge in [0.05, 0.1) is 18.3 Å². The lowest BCUT2D eigenvalue weighted by atomic mass is 9.86. The van der Waals surface area contributed by atoms with Crippen LogP contribution in [0.15, 0.2) is 47.5 Å². The third-order valence-electron chi connectivity index (χ3n) is 5.95. The summed E-state index contributed by atoms with van der Waals surface area (Å²) >= 11 is 0. The second-order valence-electron chi connectivity index (χ2n) is 7.71. The second-order valence-corrected chi connectivity index (χ2v) is 7.71. The largest absolute Gasteiger partial charge is 0.481 e. The van der Waals surface area contributed by atoms with Gasteiger partial charge in [-0.15, -0.1) is 0 Å². The normalized spacial score (nSPS) is 20.5. The topological polar surface area (TPSA) is 75.0 Å². The van der Waals surface area contributed by atoms with Crippen molar-refractivity contribution in [1.29, 1.82) is 0 Å². The van der Waals surface area contributed by atoms with Crippen molar-refractivity contribution in [2.24, 2.45) is 4.99 Å². The van der Waals surface area contributed by atoms with Gasteiger partial charge in [0.1, 0.15) is 5.84 Å². The maximum absolute atomic E-state index is 13.2. The SMILES string of the molecule is COc1ccc2cc(N3CCC4(O)C(=O)c5cc(C)c(C)cc5N=C34)ccc2n1. The Balaban J connectivity index is 1.62. The summed E-state index contributed by atoms with van der Waals surface area (Å²) in [5.41, 5.74) is 3.32. The number of nitrogens with zero attached hydrogens (tertiary/aromatic N) is 3. The number of rotatable bonds is 2. The maximum Gasteiger partial charge on any atom is 0.213 e. The highest BCUT2D eigenvalue weighted by Crippen LogP contribution is 2.40. The van der Waals surface area contributed by atoms with Crippen LogP contribution < -0.4 is 9.64 Å². The summed E-state index contributed by atoms with van der Waals surface area (Å²) in [5, 5.41) is 12.2. The first kappa shape index (κ1) is 17.8. The lowest BCUT2D eigenvalue weighted by Gasteiger charge is -2.30. The average Bonchev–Trinajstić information content (AvgIpc) is 3.07. The molecule has 2 aliphatic heterocycles. The molecule has 0 radical (unpaired) electrons. The van der Waals surface area contributed by atoms with Crippen molar-refractivity contribution in [3.8, 4) is 5.88 Å². The first-order chi connectivity index (χ1) is 13.9. The number of amidine groups is 1. The summed E-state index contributed by atoms with van der Waals surface area (Å²) in [6.07, 6.45) is 0.315. The van der Waals surface area contributed by atoms with Crippen molar-refractivity contribution in [2.45, 2.75) is 25.9 Å². The smallest absolute Gasteiger partial charge is 0.213 e. The molecular weight excluding hydrogens is 366 g/mol. The van der Waals surface area contributed by atoms with E-state index in [4.69, 9.17) is 9.73 Å². The Morgan fingerprint density at radius 2 is 1.90 bits per heavy atom. The fourth-order valence-corrected chi connectivity index (χ4v) is 4.12. The number of aromatic nitrogens is 1. The van der Waals surface area contributed by atoms with E-state index < -0.39 is 5.60 Å². The number of hydrogen-bond donors (Lipinski definition) is 1. The zero-order valence-electron chi connectivity index (χ0n) is 16.6. The fourth-order valence-electron chi connectivity index (χ4n) is 4.12. The Bertz CT molecular complexity index is 1220. The number of fused-ring (bicyclic) bond motifs is 3. The molecule has 1 aromatic heterocycles. The highest BCUT2D eigenvalue weighted by atomic mass is 16.5. The van der Waals surface area contributed by atoms with Gasteiger partial charge in [0.2, 0.25) is 11.7 Å². The van der Waals surface area contributed by atoms with E-state index in [0.717, 1.165) is 27.7 Å². The van der Waals surface area contributed by atoms with E-state index in [1.54, 1.807) is 7.11 Å². The van der Waals surface area contributed by atoms with Gasteiger partial charge in [-0.3, -0.25) is 4.79 Å². The Labute approximate surface area is 168 Å². The van der Waals surface area contributed by atoms with Crippen LogP contribution in [-0.4, -0.2) is 41.0 Å². The zero-order valence-corrected chi connectivity index (χ0v) is 16.6. The molecule has 0 saturated carbocycles. The summed E-state index contributed by atoms with van der Waals surface area (Å²) in [6, 6.07) is 13.4. The van der Waals surface area contributed by atoms with E-state index in [0.29, 0.717) is 35.9 Å². The minimum atomic E-state index is -1.58. The van der Waals surface area contributed by atoms with Crippen LogP contribution in [0.3, 0.4) is 0 Å². The summed E-state index contributed by atoms with van der Waals surface area (Å²) < 4.78 is 5.19. The number of aliphatic hydroxyl groups is 1. The third kappa shape index (κ3) is 2.56. The lowest BCUT2D eigenvalue weighted by Crippen LogP contribution is -2.48. The molecule has 5 rings (SSSR count). The first-order valence-electron chi connectivity index (χ1n) is 9.60. The van der Waals surface area contributed by atoms with Gasteiger partial charge >= 0.3 is 0 Å². The number of Topliss-reactive ketones (excluding diaryl/α,β-unsaturated/α-hetero) is 1. The van der Waals surface area contributed by atoms with Crippen molar-refractivity contribution in [3.63, 3.8) is 0 Å². The fraction of sp³-hybridized carbons (Fsp3) is 0.261.